The highest BCUT2D eigenvalue weighted by Crippen LogP contribution is 2.32. The Morgan fingerprint density at radius 1 is 1.10 bits per heavy atom. The van der Waals surface area contributed by atoms with Gasteiger partial charge in [-0.1, -0.05) is 6.92 Å². The fourth-order valence-corrected chi connectivity index (χ4v) is 4.45. The van der Waals surface area contributed by atoms with Crippen molar-refractivity contribution in [3.05, 3.63) is 0 Å². The van der Waals surface area contributed by atoms with Gasteiger partial charge in [0.15, 0.2) is 0 Å². The lowest BCUT2D eigenvalue weighted by Gasteiger charge is -2.46. The maximum atomic E-state index is 12.6. The summed E-state index contributed by atoms with van der Waals surface area (Å²) in [6.07, 6.45) is 2.85. The maximum Gasteiger partial charge on any atom is 0.282 e. The lowest BCUT2D eigenvalue weighted by atomic mass is 9.85. The lowest BCUT2D eigenvalue weighted by molar-refractivity contribution is 0.0768. The van der Waals surface area contributed by atoms with Gasteiger partial charge in [0.1, 0.15) is 0 Å². The summed E-state index contributed by atoms with van der Waals surface area (Å²) >= 11 is 0. The van der Waals surface area contributed by atoms with E-state index in [1.165, 1.54) is 4.31 Å². The number of hydrogen-bond acceptors (Lipinski definition) is 3. The summed E-state index contributed by atoms with van der Waals surface area (Å²) in [5.74, 6) is 0. The molecule has 0 aromatic carbocycles. The van der Waals surface area contributed by atoms with Crippen LogP contribution in [0.25, 0.3) is 0 Å². The molecule has 0 radical (unpaired) electrons. The summed E-state index contributed by atoms with van der Waals surface area (Å²) in [7, 11) is 2.50. The van der Waals surface area contributed by atoms with Gasteiger partial charge in [0, 0.05) is 31.2 Å². The second-order valence-corrected chi connectivity index (χ2v) is 8.98. The molecule has 20 heavy (non-hydrogen) atoms. The van der Waals surface area contributed by atoms with E-state index in [0.29, 0.717) is 13.1 Å². The van der Waals surface area contributed by atoms with Gasteiger partial charge >= 0.3 is 0 Å². The van der Waals surface area contributed by atoms with E-state index < -0.39 is 10.2 Å². The Bertz CT molecular complexity index is 418. The first-order valence-corrected chi connectivity index (χ1v) is 8.78. The van der Waals surface area contributed by atoms with Crippen molar-refractivity contribution in [1.29, 1.82) is 0 Å². The van der Waals surface area contributed by atoms with Crippen molar-refractivity contribution in [2.45, 2.75) is 58.0 Å². The Labute approximate surface area is 125 Å². The molecule has 0 spiro atoms. The number of nitrogens with zero attached hydrogens (tertiary/aromatic N) is 3. The van der Waals surface area contributed by atoms with Crippen molar-refractivity contribution < 1.29 is 8.42 Å². The molecule has 1 aliphatic rings. The Kier molecular flexibility index (Phi) is 5.28. The molecule has 0 atom stereocenters. The maximum absolute atomic E-state index is 12.6. The smallest absolute Gasteiger partial charge is 0.282 e. The minimum absolute atomic E-state index is 0.145. The molecule has 1 aliphatic heterocycles. The van der Waals surface area contributed by atoms with Gasteiger partial charge in [0.2, 0.25) is 0 Å². The predicted octanol–water partition coefficient (Wildman–Crippen LogP) is 1.77. The summed E-state index contributed by atoms with van der Waals surface area (Å²) < 4.78 is 28.4. The molecular formula is C14H31N3O2S. The van der Waals surface area contributed by atoms with Gasteiger partial charge in [-0.2, -0.15) is 17.0 Å². The van der Waals surface area contributed by atoms with Gasteiger partial charge in [0.25, 0.3) is 10.2 Å². The Morgan fingerprint density at radius 2 is 1.55 bits per heavy atom. The van der Waals surface area contributed by atoms with Crippen LogP contribution in [0.1, 0.15) is 47.0 Å². The predicted molar refractivity (Wildman–Crippen MR) is 84.0 cm³/mol. The van der Waals surface area contributed by atoms with E-state index in [0.717, 1.165) is 19.3 Å². The van der Waals surface area contributed by atoms with Crippen LogP contribution in [-0.4, -0.2) is 67.2 Å². The Balaban J connectivity index is 2.84. The minimum Gasteiger partial charge on any atom is -0.304 e. The average molecular weight is 305 g/mol. The summed E-state index contributed by atoms with van der Waals surface area (Å²) in [5, 5.41) is 0. The molecule has 0 N–H and O–H groups in total. The van der Waals surface area contributed by atoms with Crippen molar-refractivity contribution in [2.24, 2.45) is 0 Å². The van der Waals surface area contributed by atoms with Crippen LogP contribution in [0.2, 0.25) is 0 Å². The highest BCUT2D eigenvalue weighted by atomic mass is 32.2. The van der Waals surface area contributed by atoms with Crippen LogP contribution in [0.4, 0.5) is 0 Å². The number of rotatable bonds is 4. The third-order valence-electron chi connectivity index (χ3n) is 4.88. The van der Waals surface area contributed by atoms with Crippen molar-refractivity contribution in [1.82, 2.24) is 13.5 Å². The molecule has 5 nitrogen and oxygen atoms in total. The normalized spacial score (nSPS) is 21.6. The number of hydrogen-bond donors (Lipinski definition) is 0. The molecule has 1 fully saturated rings. The van der Waals surface area contributed by atoms with Crippen LogP contribution < -0.4 is 0 Å². The topological polar surface area (TPSA) is 43.9 Å². The molecule has 1 heterocycles. The summed E-state index contributed by atoms with van der Waals surface area (Å²) in [6, 6.07) is 0. The molecule has 0 bridgehead atoms. The molecule has 0 aliphatic carbocycles. The van der Waals surface area contributed by atoms with Gasteiger partial charge in [-0.15, -0.1) is 0 Å². The van der Waals surface area contributed by atoms with Gasteiger partial charge < -0.3 is 4.90 Å². The number of piperidine rings is 1. The largest absolute Gasteiger partial charge is 0.304 e. The molecule has 0 amide bonds. The van der Waals surface area contributed by atoms with E-state index in [1.807, 2.05) is 20.8 Å². The first-order chi connectivity index (χ1) is 8.97. The van der Waals surface area contributed by atoms with Gasteiger partial charge in [0.05, 0.1) is 0 Å². The first-order valence-electron chi connectivity index (χ1n) is 7.39. The second kappa shape index (κ2) is 5.91. The molecule has 0 saturated carbocycles. The molecule has 6 heteroatoms. The molecule has 1 saturated heterocycles. The summed E-state index contributed by atoms with van der Waals surface area (Å²) in [6.45, 7) is 9.16. The highest BCUT2D eigenvalue weighted by molar-refractivity contribution is 7.86. The van der Waals surface area contributed by atoms with Crippen molar-refractivity contribution in [3.63, 3.8) is 0 Å². The van der Waals surface area contributed by atoms with E-state index in [-0.39, 0.29) is 11.1 Å². The van der Waals surface area contributed by atoms with Gasteiger partial charge in [-0.3, -0.25) is 0 Å². The van der Waals surface area contributed by atoms with Crippen LogP contribution in [0.5, 0.6) is 0 Å². The zero-order valence-electron chi connectivity index (χ0n) is 14.1. The Morgan fingerprint density at radius 3 is 1.85 bits per heavy atom. The second-order valence-electron chi connectivity index (χ2n) is 7.02. The zero-order chi connectivity index (χ0) is 15.8. The monoisotopic (exact) mass is 305 g/mol. The minimum atomic E-state index is -3.36. The molecule has 0 aromatic rings. The van der Waals surface area contributed by atoms with Crippen LogP contribution in [0.3, 0.4) is 0 Å². The van der Waals surface area contributed by atoms with Crippen LogP contribution in [0.15, 0.2) is 0 Å². The highest BCUT2D eigenvalue weighted by Gasteiger charge is 2.41. The third-order valence-corrected chi connectivity index (χ3v) is 7.13. The molecule has 0 unspecified atom stereocenters. The van der Waals surface area contributed by atoms with Crippen molar-refractivity contribution in [2.75, 3.05) is 34.2 Å². The quantitative estimate of drug-likeness (QED) is 0.795. The van der Waals surface area contributed by atoms with E-state index >= 15 is 0 Å². The van der Waals surface area contributed by atoms with E-state index in [2.05, 4.69) is 25.9 Å². The van der Waals surface area contributed by atoms with Crippen molar-refractivity contribution >= 4 is 10.2 Å². The van der Waals surface area contributed by atoms with Crippen LogP contribution in [-0.2, 0) is 10.2 Å². The molecule has 1 rings (SSSR count). The SMILES string of the molecule is CCC1(N(C)C)CCN(S(=O)(=O)N(C)C(C)(C)C)CC1. The summed E-state index contributed by atoms with van der Waals surface area (Å²) in [5.41, 5.74) is -0.244. The summed E-state index contributed by atoms with van der Waals surface area (Å²) in [4.78, 5) is 2.25. The van der Waals surface area contributed by atoms with Crippen molar-refractivity contribution in [3.8, 4) is 0 Å². The lowest BCUT2D eigenvalue weighted by Crippen LogP contribution is -2.57. The van der Waals surface area contributed by atoms with E-state index in [4.69, 9.17) is 0 Å². The molecular weight excluding hydrogens is 274 g/mol. The first kappa shape index (κ1) is 17.9. The van der Waals surface area contributed by atoms with E-state index in [9.17, 15) is 8.42 Å². The fraction of sp³-hybridized carbons (Fsp3) is 1.00. The standard InChI is InChI=1S/C14H31N3O2S/c1-8-14(15(5)6)9-11-17(12-10-14)20(18,19)16(7)13(2,3)4/h8-12H2,1-7H3. The third kappa shape index (κ3) is 3.35. The molecule has 120 valence electrons. The zero-order valence-corrected chi connectivity index (χ0v) is 14.9. The molecule has 0 aromatic heterocycles. The van der Waals surface area contributed by atoms with E-state index in [1.54, 1.807) is 11.4 Å². The van der Waals surface area contributed by atoms with Crippen LogP contribution in [0, 0.1) is 0 Å². The van der Waals surface area contributed by atoms with Gasteiger partial charge in [-0.05, 0) is 54.1 Å². The fourth-order valence-electron chi connectivity index (χ4n) is 2.77. The van der Waals surface area contributed by atoms with Gasteiger partial charge in [-0.25, -0.2) is 0 Å². The average Bonchev–Trinajstić information content (AvgIpc) is 2.36. The Hall–Kier alpha value is -0.170. The van der Waals surface area contributed by atoms with Crippen LogP contribution >= 0.6 is 0 Å².